The topological polar surface area (TPSA) is 38.3 Å². The predicted molar refractivity (Wildman–Crippen MR) is 77.4 cm³/mol. The molecule has 0 saturated carbocycles. The number of carbonyl (C=O) groups excluding carboxylic acids is 1. The summed E-state index contributed by atoms with van der Waals surface area (Å²) in [6.45, 7) is 0.559. The molecule has 108 valence electrons. The van der Waals surface area contributed by atoms with Crippen LogP contribution in [-0.4, -0.2) is 12.5 Å². The molecule has 0 unspecified atom stereocenters. The highest BCUT2D eigenvalue weighted by molar-refractivity contribution is 5.79. The van der Waals surface area contributed by atoms with E-state index in [0.717, 1.165) is 11.3 Å². The third-order valence-corrected chi connectivity index (χ3v) is 3.66. The number of halogens is 1. The number of ether oxygens (including phenoxy) is 1. The van der Waals surface area contributed by atoms with Gasteiger partial charge in [-0.2, -0.15) is 0 Å². The van der Waals surface area contributed by atoms with Gasteiger partial charge in [-0.3, -0.25) is 4.79 Å². The minimum atomic E-state index is -0.303. The minimum absolute atomic E-state index is 0.104. The monoisotopic (exact) mass is 285 g/mol. The number of nitrogens with one attached hydrogen (secondary N) is 1. The first-order valence-electron chi connectivity index (χ1n) is 6.96. The molecule has 0 bridgehead atoms. The first-order chi connectivity index (χ1) is 10.2. The van der Waals surface area contributed by atoms with E-state index in [1.807, 2.05) is 24.3 Å². The van der Waals surface area contributed by atoms with Gasteiger partial charge in [0.25, 0.3) is 0 Å². The van der Waals surface area contributed by atoms with Gasteiger partial charge in [0.1, 0.15) is 18.2 Å². The van der Waals surface area contributed by atoms with Crippen molar-refractivity contribution in [1.82, 2.24) is 5.32 Å². The predicted octanol–water partition coefficient (Wildman–Crippen LogP) is 2.69. The number of benzene rings is 2. The lowest BCUT2D eigenvalue weighted by Crippen LogP contribution is -2.37. The molecule has 0 aliphatic carbocycles. The summed E-state index contributed by atoms with van der Waals surface area (Å²) >= 11 is 0. The van der Waals surface area contributed by atoms with Gasteiger partial charge in [0.15, 0.2) is 0 Å². The average Bonchev–Trinajstić information content (AvgIpc) is 2.53. The Balaban J connectivity index is 1.61. The number of rotatable bonds is 3. The van der Waals surface area contributed by atoms with Crippen molar-refractivity contribution in [2.45, 2.75) is 13.0 Å². The Bertz CT molecular complexity index is 657. The number of para-hydroxylation sites is 1. The molecule has 2 aromatic carbocycles. The molecular weight excluding hydrogens is 269 g/mol. The molecule has 1 N–H and O–H groups in total. The molecule has 1 aliphatic heterocycles. The van der Waals surface area contributed by atoms with Crippen LogP contribution in [0.4, 0.5) is 4.39 Å². The maximum atomic E-state index is 13.5. The summed E-state index contributed by atoms with van der Waals surface area (Å²) in [7, 11) is 0. The van der Waals surface area contributed by atoms with E-state index in [9.17, 15) is 9.18 Å². The summed E-state index contributed by atoms with van der Waals surface area (Å²) in [5, 5.41) is 2.78. The van der Waals surface area contributed by atoms with Gasteiger partial charge in [0.2, 0.25) is 5.91 Å². The van der Waals surface area contributed by atoms with Crippen LogP contribution in [0, 0.1) is 11.7 Å². The smallest absolute Gasteiger partial charge is 0.227 e. The lowest BCUT2D eigenvalue weighted by atomic mass is 9.96. The molecule has 0 saturated heterocycles. The zero-order chi connectivity index (χ0) is 14.7. The van der Waals surface area contributed by atoms with Crippen LogP contribution in [0.1, 0.15) is 11.1 Å². The molecule has 1 amide bonds. The van der Waals surface area contributed by atoms with Crippen molar-refractivity contribution in [3.63, 3.8) is 0 Å². The maximum Gasteiger partial charge on any atom is 0.227 e. The van der Waals surface area contributed by atoms with Crippen LogP contribution in [-0.2, 0) is 17.8 Å². The molecule has 2 aromatic rings. The van der Waals surface area contributed by atoms with Crippen LogP contribution >= 0.6 is 0 Å². The van der Waals surface area contributed by atoms with Crippen molar-refractivity contribution >= 4 is 5.91 Å². The van der Waals surface area contributed by atoms with Crippen LogP contribution in [0.2, 0.25) is 0 Å². The Labute approximate surface area is 122 Å². The summed E-state index contributed by atoms with van der Waals surface area (Å²) in [5.74, 6) is 0.207. The molecule has 1 heterocycles. The van der Waals surface area contributed by atoms with Crippen molar-refractivity contribution in [2.24, 2.45) is 5.92 Å². The van der Waals surface area contributed by atoms with Crippen LogP contribution in [0.15, 0.2) is 48.5 Å². The van der Waals surface area contributed by atoms with Gasteiger partial charge in [-0.25, -0.2) is 4.39 Å². The second-order valence-electron chi connectivity index (χ2n) is 5.13. The van der Waals surface area contributed by atoms with E-state index in [1.165, 1.54) is 6.07 Å². The van der Waals surface area contributed by atoms with Crippen LogP contribution in [0.5, 0.6) is 5.75 Å². The average molecular weight is 285 g/mol. The van der Waals surface area contributed by atoms with Crippen LogP contribution in [0.25, 0.3) is 0 Å². The number of carbonyl (C=O) groups is 1. The largest absolute Gasteiger partial charge is 0.492 e. The zero-order valence-corrected chi connectivity index (χ0v) is 11.5. The van der Waals surface area contributed by atoms with Gasteiger partial charge in [-0.1, -0.05) is 36.4 Å². The number of amides is 1. The summed E-state index contributed by atoms with van der Waals surface area (Å²) < 4.78 is 19.1. The maximum absolute atomic E-state index is 13.5. The first kappa shape index (κ1) is 13.6. The minimum Gasteiger partial charge on any atom is -0.492 e. The van der Waals surface area contributed by atoms with E-state index < -0.39 is 0 Å². The Morgan fingerprint density at radius 2 is 1.95 bits per heavy atom. The molecule has 3 nitrogen and oxygen atoms in total. The van der Waals surface area contributed by atoms with E-state index >= 15 is 0 Å². The second kappa shape index (κ2) is 5.95. The molecule has 3 rings (SSSR count). The SMILES string of the molecule is O=C(NCc1ccccc1F)[C@H]1COc2ccccc2C1. The Kier molecular flexibility index (Phi) is 3.86. The Hall–Kier alpha value is -2.36. The third kappa shape index (κ3) is 3.05. The molecule has 21 heavy (non-hydrogen) atoms. The zero-order valence-electron chi connectivity index (χ0n) is 11.5. The standard InChI is InChI=1S/C17H16FNO2/c18-15-7-3-1-6-13(15)10-19-17(20)14-9-12-5-2-4-8-16(12)21-11-14/h1-8,14H,9-11H2,(H,19,20)/t14-/m1/s1. The van der Waals surface area contributed by atoms with E-state index in [-0.39, 0.29) is 24.2 Å². The molecule has 0 radical (unpaired) electrons. The van der Waals surface area contributed by atoms with E-state index in [0.29, 0.717) is 18.6 Å². The van der Waals surface area contributed by atoms with Crippen LogP contribution < -0.4 is 10.1 Å². The highest BCUT2D eigenvalue weighted by Gasteiger charge is 2.25. The lowest BCUT2D eigenvalue weighted by Gasteiger charge is -2.24. The molecule has 0 fully saturated rings. The van der Waals surface area contributed by atoms with Crippen molar-refractivity contribution in [3.8, 4) is 5.75 Å². The Morgan fingerprint density at radius 1 is 1.19 bits per heavy atom. The molecule has 1 aliphatic rings. The normalized spacial score (nSPS) is 16.7. The van der Waals surface area contributed by atoms with Gasteiger partial charge >= 0.3 is 0 Å². The van der Waals surface area contributed by atoms with Gasteiger partial charge in [-0.15, -0.1) is 0 Å². The van der Waals surface area contributed by atoms with Gasteiger partial charge in [-0.05, 0) is 24.1 Å². The molecule has 0 spiro atoms. The quantitative estimate of drug-likeness (QED) is 0.941. The van der Waals surface area contributed by atoms with Crippen molar-refractivity contribution in [1.29, 1.82) is 0 Å². The highest BCUT2D eigenvalue weighted by Crippen LogP contribution is 2.26. The number of fused-ring (bicyclic) bond motifs is 1. The summed E-state index contributed by atoms with van der Waals surface area (Å²) in [6, 6.07) is 14.2. The van der Waals surface area contributed by atoms with Crippen LogP contribution in [0.3, 0.4) is 0 Å². The highest BCUT2D eigenvalue weighted by atomic mass is 19.1. The van der Waals surface area contributed by atoms with Crippen molar-refractivity contribution in [3.05, 3.63) is 65.5 Å². The number of hydrogen-bond donors (Lipinski definition) is 1. The third-order valence-electron chi connectivity index (χ3n) is 3.66. The van der Waals surface area contributed by atoms with Gasteiger partial charge < -0.3 is 10.1 Å². The molecule has 4 heteroatoms. The number of hydrogen-bond acceptors (Lipinski definition) is 2. The first-order valence-corrected chi connectivity index (χ1v) is 6.96. The molecule has 0 aromatic heterocycles. The fourth-order valence-electron chi connectivity index (χ4n) is 2.46. The van der Waals surface area contributed by atoms with E-state index in [1.54, 1.807) is 18.2 Å². The van der Waals surface area contributed by atoms with E-state index in [4.69, 9.17) is 4.74 Å². The summed E-state index contributed by atoms with van der Waals surface area (Å²) in [6.07, 6.45) is 0.652. The van der Waals surface area contributed by atoms with E-state index in [2.05, 4.69) is 5.32 Å². The lowest BCUT2D eigenvalue weighted by molar-refractivity contribution is -0.126. The molecular formula is C17H16FNO2. The van der Waals surface area contributed by atoms with Crippen molar-refractivity contribution < 1.29 is 13.9 Å². The summed E-state index contributed by atoms with van der Waals surface area (Å²) in [4.78, 5) is 12.2. The molecule has 1 atom stereocenters. The second-order valence-corrected chi connectivity index (χ2v) is 5.13. The summed E-state index contributed by atoms with van der Waals surface area (Å²) in [5.41, 5.74) is 1.53. The Morgan fingerprint density at radius 3 is 2.81 bits per heavy atom. The fraction of sp³-hybridized carbons (Fsp3) is 0.235. The van der Waals surface area contributed by atoms with Gasteiger partial charge in [0.05, 0.1) is 5.92 Å². The fourth-order valence-corrected chi connectivity index (χ4v) is 2.46. The van der Waals surface area contributed by atoms with Crippen molar-refractivity contribution in [2.75, 3.05) is 6.61 Å². The van der Waals surface area contributed by atoms with Gasteiger partial charge in [0, 0.05) is 12.1 Å².